The van der Waals surface area contributed by atoms with E-state index < -0.39 is 24.7 Å². The Morgan fingerprint density at radius 3 is 2.27 bits per heavy atom. The van der Waals surface area contributed by atoms with Crippen LogP contribution in [0.25, 0.3) is 11.3 Å². The Morgan fingerprint density at radius 2 is 1.66 bits per heavy atom. The molecule has 0 spiro atoms. The largest absolute Gasteiger partial charge is 0.457 e. The summed E-state index contributed by atoms with van der Waals surface area (Å²) in [6, 6.07) is 20.1. The molecule has 1 amide bonds. The number of rotatable bonds is 12. The number of carbonyl (C=O) groups excluding carboxylic acids is 2. The lowest BCUT2D eigenvalue weighted by Gasteiger charge is -2.20. The zero-order valence-corrected chi connectivity index (χ0v) is 22.8. The van der Waals surface area contributed by atoms with Crippen LogP contribution in [-0.4, -0.2) is 44.5 Å². The lowest BCUT2D eigenvalue weighted by molar-refractivity contribution is -0.120. The van der Waals surface area contributed by atoms with Gasteiger partial charge in [-0.25, -0.2) is 4.39 Å². The fourth-order valence-corrected chi connectivity index (χ4v) is 4.25. The van der Waals surface area contributed by atoms with Crippen molar-refractivity contribution in [1.82, 2.24) is 15.3 Å². The minimum atomic E-state index is -1.16. The number of carbonyl (C=O) groups is 2. The minimum Gasteiger partial charge on any atom is -0.457 e. The fourth-order valence-electron chi connectivity index (χ4n) is 4.25. The van der Waals surface area contributed by atoms with Crippen LogP contribution in [0.15, 0.2) is 85.1 Å². The smallest absolute Gasteiger partial charge is 0.270 e. The van der Waals surface area contributed by atoms with Gasteiger partial charge in [0, 0.05) is 17.5 Å². The lowest BCUT2D eigenvalue weighted by atomic mass is 9.96. The van der Waals surface area contributed by atoms with Gasteiger partial charge >= 0.3 is 0 Å². The predicted octanol–water partition coefficient (Wildman–Crippen LogP) is 5.06. The van der Waals surface area contributed by atoms with E-state index in [9.17, 15) is 24.2 Å². The first-order chi connectivity index (χ1) is 19.7. The van der Waals surface area contributed by atoms with E-state index in [1.165, 1.54) is 30.5 Å². The van der Waals surface area contributed by atoms with Gasteiger partial charge in [-0.3, -0.25) is 19.6 Å². The molecule has 0 saturated carbocycles. The number of ketones is 1. The van der Waals surface area contributed by atoms with Gasteiger partial charge in [-0.05, 0) is 90.7 Å². The number of Topliss-reactive ketones (excluding diaryl/α,β-unsaturated/α-hetero) is 1. The molecule has 0 unspecified atom stereocenters. The van der Waals surface area contributed by atoms with Gasteiger partial charge in [-0.2, -0.15) is 0 Å². The van der Waals surface area contributed by atoms with E-state index in [0.29, 0.717) is 40.4 Å². The summed E-state index contributed by atoms with van der Waals surface area (Å²) >= 11 is 0. The highest BCUT2D eigenvalue weighted by Crippen LogP contribution is 2.27. The van der Waals surface area contributed by atoms with Crippen molar-refractivity contribution in [2.75, 3.05) is 6.61 Å². The SMILES string of the molecule is CC(C)C[C@H](NC(=O)c1ccccn1)C(=O)Cc1cc([C@H](O)CO)cc(-c2ccc(Oc3ccc(F)cc3)cc2)n1. The molecule has 0 aliphatic rings. The molecule has 3 N–H and O–H groups in total. The number of aliphatic hydroxyl groups excluding tert-OH is 2. The van der Waals surface area contributed by atoms with Crippen molar-refractivity contribution in [2.24, 2.45) is 5.92 Å². The quantitative estimate of drug-likeness (QED) is 0.223. The molecule has 0 bridgehead atoms. The molecular weight excluding hydrogens is 525 g/mol. The zero-order valence-electron chi connectivity index (χ0n) is 22.8. The maximum Gasteiger partial charge on any atom is 0.270 e. The molecule has 2 aromatic carbocycles. The predicted molar refractivity (Wildman–Crippen MR) is 152 cm³/mol. The zero-order chi connectivity index (χ0) is 29.4. The summed E-state index contributed by atoms with van der Waals surface area (Å²) in [7, 11) is 0. The number of nitrogens with zero attached hydrogens (tertiary/aromatic N) is 2. The molecule has 9 heteroatoms. The molecule has 41 heavy (non-hydrogen) atoms. The van der Waals surface area contributed by atoms with E-state index in [-0.39, 0.29) is 29.6 Å². The molecule has 4 rings (SSSR count). The third-order valence-electron chi connectivity index (χ3n) is 6.31. The van der Waals surface area contributed by atoms with Crippen LogP contribution in [0.2, 0.25) is 0 Å². The monoisotopic (exact) mass is 557 g/mol. The Bertz CT molecular complexity index is 1460. The second-order valence-electron chi connectivity index (χ2n) is 10.1. The topological polar surface area (TPSA) is 122 Å². The number of aromatic nitrogens is 2. The summed E-state index contributed by atoms with van der Waals surface area (Å²) in [5, 5.41) is 22.8. The van der Waals surface area contributed by atoms with Gasteiger partial charge in [0.25, 0.3) is 5.91 Å². The Hall–Kier alpha value is -4.47. The van der Waals surface area contributed by atoms with Crippen molar-refractivity contribution in [1.29, 1.82) is 0 Å². The number of hydrogen-bond donors (Lipinski definition) is 3. The molecule has 2 heterocycles. The van der Waals surface area contributed by atoms with Crippen LogP contribution in [0.5, 0.6) is 11.5 Å². The van der Waals surface area contributed by atoms with E-state index in [0.717, 1.165) is 0 Å². The number of nitrogens with one attached hydrogen (secondary N) is 1. The summed E-state index contributed by atoms with van der Waals surface area (Å²) in [5.74, 6) is 0.115. The molecule has 2 atom stereocenters. The average molecular weight is 558 g/mol. The first-order valence-corrected chi connectivity index (χ1v) is 13.3. The molecule has 4 aromatic rings. The number of halogens is 1. The van der Waals surface area contributed by atoms with Crippen molar-refractivity contribution >= 4 is 11.7 Å². The number of ether oxygens (including phenoxy) is 1. The van der Waals surface area contributed by atoms with E-state index in [1.54, 1.807) is 54.6 Å². The molecular formula is C32H32FN3O5. The van der Waals surface area contributed by atoms with Gasteiger partial charge in [0.15, 0.2) is 5.78 Å². The maximum atomic E-state index is 13.4. The van der Waals surface area contributed by atoms with Gasteiger partial charge in [-0.15, -0.1) is 0 Å². The molecule has 0 aliphatic heterocycles. The molecule has 0 radical (unpaired) electrons. The fraction of sp³-hybridized carbons (Fsp3) is 0.250. The number of benzene rings is 2. The normalized spacial score (nSPS) is 12.5. The summed E-state index contributed by atoms with van der Waals surface area (Å²) in [6.45, 7) is 3.42. The van der Waals surface area contributed by atoms with Crippen molar-refractivity contribution in [3.8, 4) is 22.8 Å². The molecule has 8 nitrogen and oxygen atoms in total. The number of hydrogen-bond acceptors (Lipinski definition) is 7. The van der Waals surface area contributed by atoms with Crippen molar-refractivity contribution in [3.05, 3.63) is 108 Å². The molecule has 2 aromatic heterocycles. The third kappa shape index (κ3) is 8.26. The second kappa shape index (κ2) is 13.7. The molecule has 0 fully saturated rings. The van der Waals surface area contributed by atoms with Gasteiger partial charge in [0.1, 0.15) is 29.1 Å². The van der Waals surface area contributed by atoms with Crippen LogP contribution in [0.1, 0.15) is 48.1 Å². The average Bonchev–Trinajstić information content (AvgIpc) is 2.98. The van der Waals surface area contributed by atoms with Crippen molar-refractivity contribution in [3.63, 3.8) is 0 Å². The Labute approximate surface area is 237 Å². The van der Waals surface area contributed by atoms with Crippen molar-refractivity contribution < 1.29 is 28.9 Å². The van der Waals surface area contributed by atoms with E-state index >= 15 is 0 Å². The summed E-state index contributed by atoms with van der Waals surface area (Å²) < 4.78 is 18.9. The van der Waals surface area contributed by atoms with E-state index in [2.05, 4.69) is 15.3 Å². The van der Waals surface area contributed by atoms with Gasteiger partial charge in [-0.1, -0.05) is 19.9 Å². The summed E-state index contributed by atoms with van der Waals surface area (Å²) in [4.78, 5) is 34.9. The minimum absolute atomic E-state index is 0.0926. The van der Waals surface area contributed by atoms with E-state index in [4.69, 9.17) is 4.74 Å². The van der Waals surface area contributed by atoms with Crippen LogP contribution in [-0.2, 0) is 11.2 Å². The highest BCUT2D eigenvalue weighted by atomic mass is 19.1. The van der Waals surface area contributed by atoms with Gasteiger partial charge < -0.3 is 20.3 Å². The van der Waals surface area contributed by atoms with Crippen LogP contribution in [0, 0.1) is 11.7 Å². The Morgan fingerprint density at radius 1 is 0.976 bits per heavy atom. The molecule has 212 valence electrons. The van der Waals surface area contributed by atoms with Gasteiger partial charge in [0.05, 0.1) is 24.8 Å². The van der Waals surface area contributed by atoms with Crippen LogP contribution in [0.3, 0.4) is 0 Å². The standard InChI is InChI=1S/C32H32FN3O5/c1-20(2)15-29(36-32(40)27-5-3-4-14-34-27)30(38)18-24-16-22(31(39)19-37)17-28(35-24)21-6-10-25(11-7-21)41-26-12-8-23(33)9-13-26/h3-14,16-17,20,29,31,37,39H,15,18-19H2,1-2H3,(H,36,40)/t29-,31+/m0/s1. The molecule has 0 aliphatic carbocycles. The molecule has 0 saturated heterocycles. The third-order valence-corrected chi connectivity index (χ3v) is 6.31. The Balaban J connectivity index is 1.56. The first-order valence-electron chi connectivity index (χ1n) is 13.3. The van der Waals surface area contributed by atoms with Crippen molar-refractivity contribution in [2.45, 2.75) is 38.8 Å². The van der Waals surface area contributed by atoms with Crippen LogP contribution in [0.4, 0.5) is 4.39 Å². The maximum absolute atomic E-state index is 13.4. The second-order valence-corrected chi connectivity index (χ2v) is 10.1. The first kappa shape index (κ1) is 29.5. The summed E-state index contributed by atoms with van der Waals surface area (Å²) in [5.41, 5.74) is 2.20. The van der Waals surface area contributed by atoms with Crippen LogP contribution < -0.4 is 10.1 Å². The highest BCUT2D eigenvalue weighted by molar-refractivity contribution is 5.97. The summed E-state index contributed by atoms with van der Waals surface area (Å²) in [6.07, 6.45) is 0.685. The highest BCUT2D eigenvalue weighted by Gasteiger charge is 2.24. The van der Waals surface area contributed by atoms with E-state index in [1.807, 2.05) is 13.8 Å². The number of aliphatic hydroxyl groups is 2. The van der Waals surface area contributed by atoms with Crippen LogP contribution >= 0.6 is 0 Å². The Kier molecular flexibility index (Phi) is 9.89. The number of pyridine rings is 2. The number of amides is 1. The van der Waals surface area contributed by atoms with Gasteiger partial charge in [0.2, 0.25) is 0 Å². The lowest BCUT2D eigenvalue weighted by Crippen LogP contribution is -2.42.